The number of carboxylic acid groups (broad SMARTS) is 1. The fourth-order valence-corrected chi connectivity index (χ4v) is 0.580. The van der Waals surface area contributed by atoms with E-state index in [4.69, 9.17) is 10.4 Å². The second-order valence-electron chi connectivity index (χ2n) is 2.19. The van der Waals surface area contributed by atoms with Gasteiger partial charge in [-0.1, -0.05) is 13.2 Å². The third kappa shape index (κ3) is 5.27. The number of hydrogen-bond donors (Lipinski definition) is 2. The van der Waals surface area contributed by atoms with Crippen LogP contribution in [0.2, 0.25) is 0 Å². The van der Waals surface area contributed by atoms with Gasteiger partial charge in [0.25, 0.3) is 0 Å². The summed E-state index contributed by atoms with van der Waals surface area (Å²) in [6.45, 7) is 6.66. The summed E-state index contributed by atoms with van der Waals surface area (Å²) in [5.41, 5.74) is 0.710. The van der Waals surface area contributed by atoms with Crippen LogP contribution in [0.25, 0.3) is 0 Å². The minimum atomic E-state index is -0.977. The molecule has 0 aromatic heterocycles. The van der Waals surface area contributed by atoms with Crippen molar-refractivity contribution in [2.24, 2.45) is 0 Å². The van der Waals surface area contributed by atoms with Crippen LogP contribution >= 0.6 is 0 Å². The molecule has 0 aromatic carbocycles. The predicted molar refractivity (Wildman–Crippen MR) is 48.7 cm³/mol. The van der Waals surface area contributed by atoms with Gasteiger partial charge in [0.1, 0.15) is 6.54 Å². The molecule has 2 N–H and O–H groups in total. The van der Waals surface area contributed by atoms with E-state index in [1.807, 2.05) is 6.07 Å². The van der Waals surface area contributed by atoms with Gasteiger partial charge in [0.15, 0.2) is 0 Å². The van der Waals surface area contributed by atoms with Gasteiger partial charge in [-0.05, 0) is 12.2 Å². The Bertz CT molecular complexity index is 297. The molecule has 0 saturated heterocycles. The molecule has 0 aliphatic heterocycles. The molecular formula is C9H10N2O2. The van der Waals surface area contributed by atoms with Crippen LogP contribution in [0.1, 0.15) is 0 Å². The van der Waals surface area contributed by atoms with Gasteiger partial charge in [0, 0.05) is 11.3 Å². The van der Waals surface area contributed by atoms with E-state index >= 15 is 0 Å². The predicted octanol–water partition coefficient (Wildman–Crippen LogP) is 0.810. The summed E-state index contributed by atoms with van der Waals surface area (Å²) in [5, 5.41) is 19.3. The molecule has 0 unspecified atom stereocenters. The van der Waals surface area contributed by atoms with Crippen LogP contribution in [0, 0.1) is 11.3 Å². The quantitative estimate of drug-likeness (QED) is 0.482. The SMILES string of the molecule is C=C/C(=C\C(=C)C#N)NCC(=O)O. The number of rotatable bonds is 5. The van der Waals surface area contributed by atoms with E-state index < -0.39 is 5.97 Å². The summed E-state index contributed by atoms with van der Waals surface area (Å²) >= 11 is 0. The van der Waals surface area contributed by atoms with Crippen molar-refractivity contribution in [2.75, 3.05) is 6.54 Å². The van der Waals surface area contributed by atoms with Crippen LogP contribution in [0.4, 0.5) is 0 Å². The number of hydrogen-bond acceptors (Lipinski definition) is 3. The van der Waals surface area contributed by atoms with Gasteiger partial charge in [-0.2, -0.15) is 5.26 Å². The number of carboxylic acids is 1. The number of nitriles is 1. The van der Waals surface area contributed by atoms with Crippen molar-refractivity contribution in [1.29, 1.82) is 5.26 Å². The second-order valence-corrected chi connectivity index (χ2v) is 2.19. The topological polar surface area (TPSA) is 73.1 Å². The Morgan fingerprint density at radius 3 is 2.69 bits per heavy atom. The fourth-order valence-electron chi connectivity index (χ4n) is 0.580. The molecule has 0 amide bonds. The van der Waals surface area contributed by atoms with E-state index in [9.17, 15) is 4.79 Å². The second kappa shape index (κ2) is 5.61. The highest BCUT2D eigenvalue weighted by molar-refractivity contribution is 5.69. The van der Waals surface area contributed by atoms with Crippen molar-refractivity contribution in [3.63, 3.8) is 0 Å². The molecule has 0 aliphatic carbocycles. The van der Waals surface area contributed by atoms with Gasteiger partial charge < -0.3 is 10.4 Å². The smallest absolute Gasteiger partial charge is 0.322 e. The molecule has 13 heavy (non-hydrogen) atoms. The number of nitrogens with one attached hydrogen (secondary N) is 1. The van der Waals surface area contributed by atoms with E-state index in [1.54, 1.807) is 0 Å². The molecule has 0 radical (unpaired) electrons. The zero-order valence-electron chi connectivity index (χ0n) is 7.08. The highest BCUT2D eigenvalue weighted by Crippen LogP contribution is 1.96. The highest BCUT2D eigenvalue weighted by Gasteiger charge is 1.96. The molecule has 4 nitrogen and oxygen atoms in total. The first kappa shape index (κ1) is 11.0. The van der Waals surface area contributed by atoms with E-state index in [1.165, 1.54) is 12.2 Å². The first-order chi connectivity index (χ1) is 6.10. The van der Waals surface area contributed by atoms with E-state index in [-0.39, 0.29) is 12.1 Å². The van der Waals surface area contributed by atoms with Gasteiger partial charge in [-0.25, -0.2) is 0 Å². The molecule has 0 spiro atoms. The number of nitrogens with zero attached hydrogens (tertiary/aromatic N) is 1. The van der Waals surface area contributed by atoms with Crippen LogP contribution in [0.15, 0.2) is 36.6 Å². The maximum atomic E-state index is 10.2. The standard InChI is InChI=1S/C9H10N2O2/c1-3-8(4-7(2)5-10)11-6-9(12)13/h3-4,11H,1-2,6H2,(H,12,13)/b8-4+. The van der Waals surface area contributed by atoms with E-state index in [0.717, 1.165) is 0 Å². The van der Waals surface area contributed by atoms with Crippen LogP contribution in [-0.4, -0.2) is 17.6 Å². The van der Waals surface area contributed by atoms with Crippen molar-refractivity contribution in [2.45, 2.75) is 0 Å². The Kier molecular flexibility index (Phi) is 4.74. The molecule has 0 saturated carbocycles. The van der Waals surface area contributed by atoms with Gasteiger partial charge >= 0.3 is 5.97 Å². The minimum absolute atomic E-state index is 0.212. The monoisotopic (exact) mass is 178 g/mol. The van der Waals surface area contributed by atoms with Crippen LogP contribution in [-0.2, 0) is 4.79 Å². The van der Waals surface area contributed by atoms with E-state index in [2.05, 4.69) is 18.5 Å². The van der Waals surface area contributed by atoms with Crippen LogP contribution in [0.5, 0.6) is 0 Å². The fraction of sp³-hybridized carbons (Fsp3) is 0.111. The Hall–Kier alpha value is -2.02. The Morgan fingerprint density at radius 1 is 1.69 bits per heavy atom. The molecule has 0 aliphatic rings. The Morgan fingerprint density at radius 2 is 2.31 bits per heavy atom. The Balaban J connectivity index is 4.27. The third-order valence-electron chi connectivity index (χ3n) is 1.14. The number of aliphatic carboxylic acids is 1. The lowest BCUT2D eigenvalue weighted by atomic mass is 10.2. The lowest BCUT2D eigenvalue weighted by Gasteiger charge is -2.02. The molecule has 68 valence electrons. The lowest BCUT2D eigenvalue weighted by molar-refractivity contribution is -0.135. The summed E-state index contributed by atoms with van der Waals surface area (Å²) < 4.78 is 0. The minimum Gasteiger partial charge on any atom is -0.480 e. The summed E-state index contributed by atoms with van der Waals surface area (Å²) in [7, 11) is 0. The molecule has 0 rings (SSSR count). The summed E-state index contributed by atoms with van der Waals surface area (Å²) in [6.07, 6.45) is 2.85. The highest BCUT2D eigenvalue weighted by atomic mass is 16.4. The summed E-state index contributed by atoms with van der Waals surface area (Å²) in [6, 6.07) is 1.81. The van der Waals surface area contributed by atoms with Crippen molar-refractivity contribution >= 4 is 5.97 Å². The van der Waals surface area contributed by atoms with Crippen molar-refractivity contribution in [1.82, 2.24) is 5.32 Å². The first-order valence-electron chi connectivity index (χ1n) is 3.49. The van der Waals surface area contributed by atoms with Crippen molar-refractivity contribution < 1.29 is 9.90 Å². The average molecular weight is 178 g/mol. The lowest BCUT2D eigenvalue weighted by Crippen LogP contribution is -2.20. The van der Waals surface area contributed by atoms with Crippen LogP contribution < -0.4 is 5.32 Å². The zero-order chi connectivity index (χ0) is 10.3. The zero-order valence-corrected chi connectivity index (χ0v) is 7.08. The maximum absolute atomic E-state index is 10.2. The molecule has 0 bridgehead atoms. The molecule has 0 fully saturated rings. The molecule has 0 aromatic rings. The molecule has 0 atom stereocenters. The third-order valence-corrected chi connectivity index (χ3v) is 1.14. The normalized spacial score (nSPS) is 9.92. The average Bonchev–Trinajstić information content (AvgIpc) is 2.11. The number of carbonyl (C=O) groups is 1. The van der Waals surface area contributed by atoms with Gasteiger partial charge in [0.2, 0.25) is 0 Å². The summed E-state index contributed by atoms with van der Waals surface area (Å²) in [5.74, 6) is -0.977. The van der Waals surface area contributed by atoms with Gasteiger partial charge in [-0.3, -0.25) is 4.79 Å². The van der Waals surface area contributed by atoms with E-state index in [0.29, 0.717) is 5.70 Å². The van der Waals surface area contributed by atoms with Crippen LogP contribution in [0.3, 0.4) is 0 Å². The maximum Gasteiger partial charge on any atom is 0.322 e. The molecular weight excluding hydrogens is 168 g/mol. The number of allylic oxidation sites excluding steroid dienone is 3. The van der Waals surface area contributed by atoms with Gasteiger partial charge in [-0.15, -0.1) is 0 Å². The largest absolute Gasteiger partial charge is 0.480 e. The van der Waals surface area contributed by atoms with Crippen molar-refractivity contribution in [3.05, 3.63) is 36.6 Å². The molecule has 4 heteroatoms. The van der Waals surface area contributed by atoms with Crippen molar-refractivity contribution in [3.8, 4) is 6.07 Å². The molecule has 0 heterocycles. The summed E-state index contributed by atoms with van der Waals surface area (Å²) in [4.78, 5) is 10.2. The Labute approximate surface area is 76.5 Å². The van der Waals surface area contributed by atoms with Gasteiger partial charge in [0.05, 0.1) is 6.07 Å². The first-order valence-corrected chi connectivity index (χ1v) is 3.49.